The summed E-state index contributed by atoms with van der Waals surface area (Å²) < 4.78 is 18.7. The van der Waals surface area contributed by atoms with Gasteiger partial charge in [-0.25, -0.2) is 4.39 Å². The number of rotatable bonds is 3. The van der Waals surface area contributed by atoms with Crippen molar-refractivity contribution < 1.29 is 9.13 Å². The Morgan fingerprint density at radius 2 is 2.23 bits per heavy atom. The predicted molar refractivity (Wildman–Crippen MR) is 54.3 cm³/mol. The first-order valence-corrected chi connectivity index (χ1v) is 4.81. The van der Waals surface area contributed by atoms with Crippen molar-refractivity contribution in [1.82, 2.24) is 0 Å². The number of anilines is 1. The zero-order valence-corrected chi connectivity index (χ0v) is 8.90. The first-order chi connectivity index (χ1) is 6.15. The van der Waals surface area contributed by atoms with Gasteiger partial charge in [-0.15, -0.1) is 0 Å². The molecule has 72 valence electrons. The molecule has 0 unspecified atom stereocenters. The van der Waals surface area contributed by atoms with Gasteiger partial charge in [0.25, 0.3) is 0 Å². The molecule has 0 fully saturated rings. The molecule has 4 heteroatoms. The van der Waals surface area contributed by atoms with Crippen LogP contribution in [0.5, 0.6) is 5.75 Å². The quantitative estimate of drug-likeness (QED) is 0.834. The normalized spacial score (nSPS) is 10.1. The van der Waals surface area contributed by atoms with Gasteiger partial charge < -0.3 is 10.5 Å². The van der Waals surface area contributed by atoms with Gasteiger partial charge in [0.1, 0.15) is 5.82 Å². The number of nitrogen functional groups attached to an aromatic ring is 1. The van der Waals surface area contributed by atoms with Gasteiger partial charge in [-0.2, -0.15) is 0 Å². The second kappa shape index (κ2) is 4.46. The van der Waals surface area contributed by atoms with Gasteiger partial charge >= 0.3 is 0 Å². The van der Waals surface area contributed by atoms with Crippen molar-refractivity contribution in [2.24, 2.45) is 0 Å². The average molecular weight is 248 g/mol. The minimum absolute atomic E-state index is 0.320. The summed E-state index contributed by atoms with van der Waals surface area (Å²) in [4.78, 5) is 0. The Balaban J connectivity index is 2.92. The Morgan fingerprint density at radius 1 is 1.54 bits per heavy atom. The van der Waals surface area contributed by atoms with Gasteiger partial charge in [-0.3, -0.25) is 0 Å². The molecule has 0 atom stereocenters. The lowest BCUT2D eigenvalue weighted by Gasteiger charge is -2.09. The highest BCUT2D eigenvalue weighted by atomic mass is 79.9. The Bertz CT molecular complexity index is 281. The van der Waals surface area contributed by atoms with Gasteiger partial charge in [0, 0.05) is 6.07 Å². The molecule has 13 heavy (non-hydrogen) atoms. The second-order valence-electron chi connectivity index (χ2n) is 2.65. The molecular formula is C9H11BrFNO. The van der Waals surface area contributed by atoms with E-state index in [9.17, 15) is 4.39 Å². The summed E-state index contributed by atoms with van der Waals surface area (Å²) in [5, 5.41) is 0. The molecule has 0 saturated carbocycles. The zero-order chi connectivity index (χ0) is 9.84. The maximum Gasteiger partial charge on any atom is 0.156 e. The molecule has 0 amide bonds. The third kappa shape index (κ3) is 2.59. The minimum Gasteiger partial charge on any atom is -0.490 e. The number of ether oxygens (including phenoxy) is 1. The van der Waals surface area contributed by atoms with Crippen LogP contribution in [0.25, 0.3) is 0 Å². The number of nitrogens with two attached hydrogens (primary N) is 1. The van der Waals surface area contributed by atoms with Crippen molar-refractivity contribution in [1.29, 1.82) is 0 Å². The molecular weight excluding hydrogens is 237 g/mol. The summed E-state index contributed by atoms with van der Waals surface area (Å²) in [6.45, 7) is 2.57. The molecule has 0 aliphatic rings. The van der Waals surface area contributed by atoms with Crippen LogP contribution in [0, 0.1) is 5.82 Å². The molecule has 1 aromatic rings. The molecule has 0 radical (unpaired) electrons. The average Bonchev–Trinajstić information content (AvgIpc) is 2.02. The molecule has 0 spiro atoms. The first kappa shape index (κ1) is 10.3. The van der Waals surface area contributed by atoms with E-state index < -0.39 is 0 Å². The first-order valence-electron chi connectivity index (χ1n) is 4.02. The van der Waals surface area contributed by atoms with Crippen LogP contribution in [0.2, 0.25) is 0 Å². The van der Waals surface area contributed by atoms with E-state index in [1.54, 1.807) is 0 Å². The fraction of sp³-hybridized carbons (Fsp3) is 0.333. The van der Waals surface area contributed by atoms with E-state index in [0.717, 1.165) is 6.42 Å². The molecule has 0 heterocycles. The molecule has 0 saturated heterocycles. The largest absolute Gasteiger partial charge is 0.490 e. The Morgan fingerprint density at radius 3 is 2.77 bits per heavy atom. The van der Waals surface area contributed by atoms with E-state index in [4.69, 9.17) is 10.5 Å². The third-order valence-electron chi connectivity index (χ3n) is 1.49. The zero-order valence-electron chi connectivity index (χ0n) is 7.31. The van der Waals surface area contributed by atoms with Gasteiger partial charge in [0.2, 0.25) is 0 Å². The van der Waals surface area contributed by atoms with Crippen LogP contribution in [0.15, 0.2) is 16.6 Å². The van der Waals surface area contributed by atoms with Crippen LogP contribution in [-0.4, -0.2) is 6.61 Å². The van der Waals surface area contributed by atoms with E-state index in [2.05, 4.69) is 15.9 Å². The summed E-state index contributed by atoms with van der Waals surface area (Å²) in [6, 6.07) is 2.58. The van der Waals surface area contributed by atoms with Crippen molar-refractivity contribution in [2.75, 3.05) is 12.3 Å². The molecule has 0 aliphatic carbocycles. The van der Waals surface area contributed by atoms with Crippen molar-refractivity contribution >= 4 is 21.6 Å². The van der Waals surface area contributed by atoms with Crippen LogP contribution in [0.4, 0.5) is 10.1 Å². The molecule has 2 N–H and O–H groups in total. The number of hydrogen-bond acceptors (Lipinski definition) is 2. The lowest BCUT2D eigenvalue weighted by Crippen LogP contribution is -2.00. The lowest BCUT2D eigenvalue weighted by atomic mass is 10.3. The summed E-state index contributed by atoms with van der Waals surface area (Å²) in [5.41, 5.74) is 5.89. The van der Waals surface area contributed by atoms with Gasteiger partial charge in [-0.05, 0) is 28.4 Å². The molecule has 0 aromatic heterocycles. The molecule has 0 bridgehead atoms. The van der Waals surface area contributed by atoms with Crippen LogP contribution in [0.3, 0.4) is 0 Å². The topological polar surface area (TPSA) is 35.2 Å². The molecule has 0 aliphatic heterocycles. The van der Waals surface area contributed by atoms with Crippen molar-refractivity contribution in [2.45, 2.75) is 13.3 Å². The van der Waals surface area contributed by atoms with Crippen molar-refractivity contribution in [3.05, 3.63) is 22.4 Å². The maximum atomic E-state index is 12.8. The van der Waals surface area contributed by atoms with E-state index >= 15 is 0 Å². The summed E-state index contributed by atoms with van der Waals surface area (Å²) >= 11 is 3.18. The van der Waals surface area contributed by atoms with Gasteiger partial charge in [0.15, 0.2) is 5.75 Å². The standard InChI is InChI=1S/C9H11BrFNO/c1-2-3-13-9-7(10)4-6(11)5-8(9)12/h4-5H,2-3,12H2,1H3. The van der Waals surface area contributed by atoms with Crippen LogP contribution in [-0.2, 0) is 0 Å². The van der Waals surface area contributed by atoms with Crippen molar-refractivity contribution in [3.8, 4) is 5.75 Å². The SMILES string of the molecule is CCCOc1c(N)cc(F)cc1Br. The maximum absolute atomic E-state index is 12.8. The number of halogens is 2. The monoisotopic (exact) mass is 247 g/mol. The third-order valence-corrected chi connectivity index (χ3v) is 2.08. The highest BCUT2D eigenvalue weighted by molar-refractivity contribution is 9.10. The highest BCUT2D eigenvalue weighted by Crippen LogP contribution is 2.32. The van der Waals surface area contributed by atoms with E-state index in [1.807, 2.05) is 6.92 Å². The minimum atomic E-state index is -0.367. The van der Waals surface area contributed by atoms with E-state index in [0.29, 0.717) is 22.5 Å². The van der Waals surface area contributed by atoms with Gasteiger partial charge in [0.05, 0.1) is 16.8 Å². The smallest absolute Gasteiger partial charge is 0.156 e. The predicted octanol–water partition coefficient (Wildman–Crippen LogP) is 2.96. The highest BCUT2D eigenvalue weighted by Gasteiger charge is 2.07. The van der Waals surface area contributed by atoms with Crippen LogP contribution >= 0.6 is 15.9 Å². The summed E-state index contributed by atoms with van der Waals surface area (Å²) in [6.07, 6.45) is 0.892. The summed E-state index contributed by atoms with van der Waals surface area (Å²) in [5.74, 6) is 0.150. The summed E-state index contributed by atoms with van der Waals surface area (Å²) in [7, 11) is 0. The lowest BCUT2D eigenvalue weighted by molar-refractivity contribution is 0.316. The number of hydrogen-bond donors (Lipinski definition) is 1. The van der Waals surface area contributed by atoms with Crippen molar-refractivity contribution in [3.63, 3.8) is 0 Å². The molecule has 1 rings (SSSR count). The second-order valence-corrected chi connectivity index (χ2v) is 3.51. The van der Waals surface area contributed by atoms with Crippen LogP contribution < -0.4 is 10.5 Å². The Kier molecular flexibility index (Phi) is 3.54. The fourth-order valence-electron chi connectivity index (χ4n) is 0.937. The Hall–Kier alpha value is -0.770. The molecule has 2 nitrogen and oxygen atoms in total. The van der Waals surface area contributed by atoms with E-state index in [-0.39, 0.29) is 5.82 Å². The Labute approximate surface area is 85.0 Å². The molecule has 1 aromatic carbocycles. The number of benzene rings is 1. The van der Waals surface area contributed by atoms with Crippen LogP contribution in [0.1, 0.15) is 13.3 Å². The van der Waals surface area contributed by atoms with Gasteiger partial charge in [-0.1, -0.05) is 6.92 Å². The fourth-order valence-corrected chi connectivity index (χ4v) is 1.50. The van der Waals surface area contributed by atoms with E-state index in [1.165, 1.54) is 12.1 Å².